The number of rotatable bonds is 2. The Morgan fingerprint density at radius 3 is 0.953 bits per heavy atom. The van der Waals surface area contributed by atoms with Gasteiger partial charge in [-0.1, -0.05) is 125 Å². The number of hydrogen-bond acceptors (Lipinski definition) is 12. The Morgan fingerprint density at radius 1 is 0.314 bits per heavy atom. The van der Waals surface area contributed by atoms with Crippen LogP contribution in [0.25, 0.3) is 22.3 Å². The molecule has 0 aliphatic carbocycles. The Balaban J connectivity index is -0.000000165. The van der Waals surface area contributed by atoms with E-state index in [4.69, 9.17) is 0 Å². The maximum absolute atomic E-state index is 4.10. The summed E-state index contributed by atoms with van der Waals surface area (Å²) >= 11 is 0. The first-order valence-corrected chi connectivity index (χ1v) is 29.8. The molecule has 0 aliphatic heterocycles. The quantitative estimate of drug-likeness (QED) is 0.151. The van der Waals surface area contributed by atoms with Gasteiger partial charge in [0.1, 0.15) is 18.0 Å². The molecule has 2 radical (unpaired) electrons. The number of nitrogens with zero attached hydrogens (tertiary/aromatic N) is 12. The topological polar surface area (TPSA) is 155 Å². The second kappa shape index (κ2) is 62.4. The molecule has 0 fully saturated rings. The van der Waals surface area contributed by atoms with E-state index < -0.39 is 0 Å². The minimum absolute atomic E-state index is 0. The van der Waals surface area contributed by atoms with Crippen LogP contribution in [0.4, 0.5) is 0 Å². The van der Waals surface area contributed by atoms with E-state index in [9.17, 15) is 0 Å². The molecule has 466 valence electrons. The van der Waals surface area contributed by atoms with Crippen molar-refractivity contribution in [1.82, 2.24) is 60.7 Å². The van der Waals surface area contributed by atoms with E-state index in [0.717, 1.165) is 90.3 Å². The van der Waals surface area contributed by atoms with E-state index >= 15 is 0 Å². The molecule has 0 spiro atoms. The molecule has 4 aromatic carbocycles. The molecule has 0 saturated heterocycles. The number of hydrogen-bond donors (Lipinski definition) is 0. The van der Waals surface area contributed by atoms with E-state index in [-0.39, 0.29) is 65.4 Å². The van der Waals surface area contributed by atoms with Crippen molar-refractivity contribution in [3.8, 4) is 22.3 Å². The molecule has 0 aliphatic rings. The number of benzene rings is 4. The van der Waals surface area contributed by atoms with E-state index in [1.807, 2.05) is 198 Å². The van der Waals surface area contributed by atoms with Crippen molar-refractivity contribution in [3.63, 3.8) is 0 Å². The van der Waals surface area contributed by atoms with Crippen molar-refractivity contribution in [2.75, 3.05) is 0 Å². The van der Waals surface area contributed by atoms with Gasteiger partial charge in [-0.25, -0.2) is 42.2 Å². The molecule has 9 rings (SSSR count). The van der Waals surface area contributed by atoms with E-state index in [2.05, 4.69) is 179 Å². The standard InChI is InChI=1S/2C14H12.2C6H9N3.3C6H8N2.7C2H6.2Y/c1-11-5-3-7-13(9-11)14-8-4-6-12(2)10-14;1-11-6-8-13(9-7-11)14-5-3-4-12(2)10-14;2*1-4-5(2)8-9-6(3)7-4;1-5-3-7-4-8-6(5)2;1-5-3-7-8-4-6(5)2;1-5-3-4-7-8-6(5)2;7*1-2;;/h2*3-8H,1-2H3;2*1-3H3;3*3-4H,1-2H3;7*1-2H3;;/q2*-2;;;;;;;;;;;;;;. The molecular formula is C72H108N12Y2-4. The molecule has 0 bridgehead atoms. The molecule has 5 aromatic heterocycles. The summed E-state index contributed by atoms with van der Waals surface area (Å²) in [6.45, 7) is 59.5. The molecule has 0 amide bonds. The summed E-state index contributed by atoms with van der Waals surface area (Å²) in [5, 5.41) is 30.2. The van der Waals surface area contributed by atoms with Crippen molar-refractivity contribution < 1.29 is 65.4 Å². The smallest absolute Gasteiger partial charge is 0.148 e. The molecule has 5 heterocycles. The summed E-state index contributed by atoms with van der Waals surface area (Å²) in [6, 6.07) is 39.9. The van der Waals surface area contributed by atoms with Gasteiger partial charge in [-0.05, 0) is 111 Å². The molecule has 12 nitrogen and oxygen atoms in total. The molecule has 0 N–H and O–H groups in total. The Hall–Kier alpha value is -5.65. The van der Waals surface area contributed by atoms with Crippen LogP contribution in [0.15, 0.2) is 110 Å². The van der Waals surface area contributed by atoms with Crippen molar-refractivity contribution in [1.29, 1.82) is 0 Å². The van der Waals surface area contributed by atoms with Gasteiger partial charge in [0.2, 0.25) is 0 Å². The second-order valence-electron chi connectivity index (χ2n) is 16.5. The zero-order chi connectivity index (χ0) is 65.6. The molecular weight excluding hydrogens is 1210 g/mol. The minimum Gasteiger partial charge on any atom is -0.245 e. The zero-order valence-electron chi connectivity index (χ0n) is 58.9. The second-order valence-corrected chi connectivity index (χ2v) is 16.5. The van der Waals surface area contributed by atoms with Crippen LogP contribution in [0, 0.1) is 135 Å². The summed E-state index contributed by atoms with van der Waals surface area (Å²) < 4.78 is 0. The van der Waals surface area contributed by atoms with Crippen LogP contribution in [0.1, 0.15) is 187 Å². The number of aryl methyl sites for hydroxylation is 16. The van der Waals surface area contributed by atoms with Crippen LogP contribution in [0.2, 0.25) is 0 Å². The van der Waals surface area contributed by atoms with Crippen molar-refractivity contribution in [2.24, 2.45) is 0 Å². The molecule has 9 aromatic rings. The van der Waals surface area contributed by atoms with Crippen LogP contribution in [0.3, 0.4) is 0 Å². The van der Waals surface area contributed by atoms with E-state index in [0.29, 0.717) is 0 Å². The Morgan fingerprint density at radius 2 is 0.698 bits per heavy atom. The fourth-order valence-electron chi connectivity index (χ4n) is 5.39. The third kappa shape index (κ3) is 45.6. The maximum Gasteiger partial charge on any atom is 0.148 e. The van der Waals surface area contributed by atoms with E-state index in [1.54, 1.807) is 24.9 Å². The molecule has 0 atom stereocenters. The first-order valence-electron chi connectivity index (χ1n) is 29.8. The van der Waals surface area contributed by atoms with Gasteiger partial charge in [-0.3, -0.25) is 0 Å². The van der Waals surface area contributed by atoms with Gasteiger partial charge in [0.05, 0.1) is 40.9 Å². The average molecular weight is 1320 g/mol. The summed E-state index contributed by atoms with van der Waals surface area (Å²) in [6.07, 6.45) is 8.58. The fourth-order valence-corrected chi connectivity index (χ4v) is 5.39. The SMILES string of the molecule is CC.CC.CC.CC.CC.CC.CC.Cc1[c-]c(-c2[c-]c(C)ccc2)ccc1.Cc1[c-]c(-c2[c-]cc(C)cc2)ccc1.Cc1ccnnc1C.Cc1cncnc1C.Cc1cnncc1C.Cc1nnc(C)c(C)n1.Cc1nnc(C)c(C)n1.[Y].[Y]. The van der Waals surface area contributed by atoms with Gasteiger partial charge < -0.3 is 0 Å². The number of aromatic nitrogens is 12. The van der Waals surface area contributed by atoms with Gasteiger partial charge in [0.15, 0.2) is 0 Å². The third-order valence-corrected chi connectivity index (χ3v) is 10.3. The normalized spacial score (nSPS) is 8.40. The molecule has 14 heteroatoms. The third-order valence-electron chi connectivity index (χ3n) is 10.3. The van der Waals surface area contributed by atoms with Gasteiger partial charge in [0.25, 0.3) is 0 Å². The molecule has 0 saturated carbocycles. The fraction of sp³-hybridized carbons (Fsp3) is 0.417. The Bertz CT molecular complexity index is 2730. The van der Waals surface area contributed by atoms with Gasteiger partial charge in [-0.15, -0.1) is 50.7 Å². The van der Waals surface area contributed by atoms with Gasteiger partial charge >= 0.3 is 0 Å². The summed E-state index contributed by atoms with van der Waals surface area (Å²) in [7, 11) is 0. The summed E-state index contributed by atoms with van der Waals surface area (Å²) in [5.41, 5.74) is 19.7. The largest absolute Gasteiger partial charge is 0.245 e. The predicted molar refractivity (Wildman–Crippen MR) is 360 cm³/mol. The van der Waals surface area contributed by atoms with Gasteiger partial charge in [-0.2, -0.15) is 109 Å². The Kier molecular flexibility index (Phi) is 68.2. The minimum atomic E-state index is 0. The summed E-state index contributed by atoms with van der Waals surface area (Å²) in [4.78, 5) is 16.0. The predicted octanol–water partition coefficient (Wildman–Crippen LogP) is 19.2. The molecule has 0 unspecified atom stereocenters. The zero-order valence-corrected chi connectivity index (χ0v) is 64.6. The molecule has 86 heavy (non-hydrogen) atoms. The van der Waals surface area contributed by atoms with Crippen LogP contribution in [-0.4, -0.2) is 60.7 Å². The summed E-state index contributed by atoms with van der Waals surface area (Å²) in [5.74, 6) is 1.47. The maximum atomic E-state index is 4.10. The van der Waals surface area contributed by atoms with Crippen LogP contribution < -0.4 is 0 Å². The van der Waals surface area contributed by atoms with Crippen molar-refractivity contribution in [2.45, 2.75) is 208 Å². The van der Waals surface area contributed by atoms with Crippen LogP contribution in [0.5, 0.6) is 0 Å². The first kappa shape index (κ1) is 94.0. The first-order chi connectivity index (χ1) is 40.3. The Labute approximate surface area is 575 Å². The van der Waals surface area contributed by atoms with Crippen LogP contribution in [-0.2, 0) is 65.4 Å². The average Bonchev–Trinajstić information content (AvgIpc) is 3.55. The van der Waals surface area contributed by atoms with Crippen LogP contribution >= 0.6 is 0 Å². The van der Waals surface area contributed by atoms with Crippen molar-refractivity contribution >= 4 is 0 Å². The van der Waals surface area contributed by atoms with Gasteiger partial charge in [0, 0.05) is 83.5 Å². The van der Waals surface area contributed by atoms with Crippen molar-refractivity contribution in [3.05, 3.63) is 225 Å². The van der Waals surface area contributed by atoms with E-state index in [1.165, 1.54) is 22.3 Å². The monoisotopic (exact) mass is 1320 g/mol.